The number of hydrogen-bond donors (Lipinski definition) is 3. The van der Waals surface area contributed by atoms with Crippen LogP contribution in [0.2, 0.25) is 0 Å². The third-order valence-electron chi connectivity index (χ3n) is 2.95. The molecule has 0 fully saturated rings. The fourth-order valence-electron chi connectivity index (χ4n) is 1.91. The lowest BCUT2D eigenvalue weighted by molar-refractivity contribution is -0.115. The summed E-state index contributed by atoms with van der Waals surface area (Å²) in [5.74, 6) is 0.259. The van der Waals surface area contributed by atoms with Crippen LogP contribution in [-0.2, 0) is 11.2 Å². The Hall–Kier alpha value is -2.83. The van der Waals surface area contributed by atoms with Crippen LogP contribution in [0.4, 0.5) is 5.69 Å². The summed E-state index contributed by atoms with van der Waals surface area (Å²) in [6.07, 6.45) is -0.130. The number of anilines is 1. The molecular weight excluding hydrogens is 274 g/mol. The van der Waals surface area contributed by atoms with Gasteiger partial charge < -0.3 is 15.0 Å². The van der Waals surface area contributed by atoms with Crippen molar-refractivity contribution in [2.75, 3.05) is 12.4 Å². The van der Waals surface area contributed by atoms with Crippen LogP contribution in [0, 0.1) is 6.92 Å². The van der Waals surface area contributed by atoms with Crippen LogP contribution in [0.5, 0.6) is 5.75 Å². The molecule has 21 heavy (non-hydrogen) atoms. The van der Waals surface area contributed by atoms with Crippen molar-refractivity contribution in [1.82, 2.24) is 9.97 Å². The van der Waals surface area contributed by atoms with Gasteiger partial charge in [-0.25, -0.2) is 4.79 Å². The minimum atomic E-state index is -0.588. The van der Waals surface area contributed by atoms with E-state index in [9.17, 15) is 14.4 Å². The first-order chi connectivity index (χ1) is 9.99. The van der Waals surface area contributed by atoms with Crippen molar-refractivity contribution < 1.29 is 9.53 Å². The number of rotatable bonds is 4. The van der Waals surface area contributed by atoms with E-state index in [0.29, 0.717) is 17.1 Å². The number of ether oxygens (including phenoxy) is 1. The highest BCUT2D eigenvalue weighted by Crippen LogP contribution is 2.16. The van der Waals surface area contributed by atoms with Crippen molar-refractivity contribution in [1.29, 1.82) is 0 Å². The zero-order valence-corrected chi connectivity index (χ0v) is 11.6. The second-order valence-electron chi connectivity index (χ2n) is 4.47. The number of aromatic nitrogens is 2. The fraction of sp³-hybridized carbons (Fsp3) is 0.214. The Morgan fingerprint density at radius 3 is 2.71 bits per heavy atom. The smallest absolute Gasteiger partial charge is 0.325 e. The molecule has 2 rings (SSSR count). The van der Waals surface area contributed by atoms with Crippen molar-refractivity contribution in [3.8, 4) is 5.75 Å². The molecule has 2 aromatic rings. The topological polar surface area (TPSA) is 104 Å². The van der Waals surface area contributed by atoms with Gasteiger partial charge in [0.15, 0.2) is 0 Å². The van der Waals surface area contributed by atoms with Crippen LogP contribution in [0.1, 0.15) is 11.3 Å². The van der Waals surface area contributed by atoms with Crippen molar-refractivity contribution in [2.24, 2.45) is 0 Å². The first-order valence-electron chi connectivity index (χ1n) is 6.25. The minimum absolute atomic E-state index is 0.130. The summed E-state index contributed by atoms with van der Waals surface area (Å²) in [4.78, 5) is 39.3. The van der Waals surface area contributed by atoms with Crippen molar-refractivity contribution in [3.63, 3.8) is 0 Å². The Labute approximate surface area is 120 Å². The van der Waals surface area contributed by atoms with E-state index < -0.39 is 11.2 Å². The third kappa shape index (κ3) is 3.59. The van der Waals surface area contributed by atoms with Crippen LogP contribution in [0.25, 0.3) is 0 Å². The maximum atomic E-state index is 12.0. The summed E-state index contributed by atoms with van der Waals surface area (Å²) >= 11 is 0. The molecule has 0 unspecified atom stereocenters. The Morgan fingerprint density at radius 1 is 1.29 bits per heavy atom. The molecule has 1 aromatic heterocycles. The molecule has 0 radical (unpaired) electrons. The molecule has 0 aliphatic heterocycles. The number of methoxy groups -OCH3 is 1. The van der Waals surface area contributed by atoms with E-state index >= 15 is 0 Å². The number of hydrogen-bond acceptors (Lipinski definition) is 4. The molecule has 7 heteroatoms. The van der Waals surface area contributed by atoms with Crippen molar-refractivity contribution >= 4 is 11.6 Å². The summed E-state index contributed by atoms with van der Waals surface area (Å²) < 4.78 is 5.06. The number of H-pyrrole nitrogens is 2. The van der Waals surface area contributed by atoms with Gasteiger partial charge in [-0.1, -0.05) is 6.07 Å². The Bertz CT molecular complexity index is 776. The van der Waals surface area contributed by atoms with Crippen molar-refractivity contribution in [2.45, 2.75) is 13.3 Å². The summed E-state index contributed by atoms with van der Waals surface area (Å²) in [5.41, 5.74) is 0.0314. The first-order valence-corrected chi connectivity index (χ1v) is 6.25. The summed E-state index contributed by atoms with van der Waals surface area (Å²) in [7, 11) is 1.53. The van der Waals surface area contributed by atoms with Gasteiger partial charge >= 0.3 is 5.69 Å². The van der Waals surface area contributed by atoms with Gasteiger partial charge in [-0.05, 0) is 19.1 Å². The normalized spacial score (nSPS) is 10.2. The molecule has 0 atom stereocenters. The molecule has 0 saturated heterocycles. The molecule has 0 spiro atoms. The SMILES string of the molecule is COc1cccc(NC(=O)Cc2c(C)[nH]c(=O)[nH]c2=O)c1. The van der Waals surface area contributed by atoms with Crippen LogP contribution in [-0.4, -0.2) is 23.0 Å². The Morgan fingerprint density at radius 2 is 2.05 bits per heavy atom. The maximum absolute atomic E-state index is 12.0. The van der Waals surface area contributed by atoms with Gasteiger partial charge in [-0.3, -0.25) is 14.6 Å². The monoisotopic (exact) mass is 289 g/mol. The molecule has 7 nitrogen and oxygen atoms in total. The third-order valence-corrected chi connectivity index (χ3v) is 2.95. The zero-order valence-electron chi connectivity index (χ0n) is 11.6. The largest absolute Gasteiger partial charge is 0.497 e. The summed E-state index contributed by atoms with van der Waals surface area (Å²) in [5, 5.41) is 2.67. The molecule has 0 bridgehead atoms. The standard InChI is InChI=1S/C14H15N3O4/c1-8-11(13(19)17-14(20)15-8)7-12(18)16-9-4-3-5-10(6-9)21-2/h3-6H,7H2,1-2H3,(H,16,18)(H2,15,17,19,20). The lowest BCUT2D eigenvalue weighted by atomic mass is 10.1. The number of benzene rings is 1. The molecule has 3 N–H and O–H groups in total. The molecule has 110 valence electrons. The second kappa shape index (κ2) is 6.08. The molecule has 0 saturated carbocycles. The Kier molecular flexibility index (Phi) is 4.22. The molecular formula is C14H15N3O4. The predicted octanol–water partition coefficient (Wildman–Crippen LogP) is 0.561. The molecule has 0 aliphatic carbocycles. The highest BCUT2D eigenvalue weighted by molar-refractivity contribution is 5.92. The quantitative estimate of drug-likeness (QED) is 0.765. The van der Waals surface area contributed by atoms with Crippen LogP contribution in [0.3, 0.4) is 0 Å². The Balaban J connectivity index is 2.15. The van der Waals surface area contributed by atoms with E-state index in [1.165, 1.54) is 7.11 Å². The number of amides is 1. The zero-order chi connectivity index (χ0) is 15.4. The first kappa shape index (κ1) is 14.6. The number of aromatic amines is 2. The fourth-order valence-corrected chi connectivity index (χ4v) is 1.91. The van der Waals surface area contributed by atoms with Crippen LogP contribution >= 0.6 is 0 Å². The molecule has 1 aromatic carbocycles. The van der Waals surface area contributed by atoms with Gasteiger partial charge in [0, 0.05) is 23.0 Å². The molecule has 1 amide bonds. The molecule has 0 aliphatic rings. The van der Waals surface area contributed by atoms with Gasteiger partial charge in [0.05, 0.1) is 13.5 Å². The number of nitrogens with one attached hydrogen (secondary N) is 3. The maximum Gasteiger partial charge on any atom is 0.325 e. The number of carbonyl (C=O) groups excluding carboxylic acids is 1. The highest BCUT2D eigenvalue weighted by Gasteiger charge is 2.11. The summed E-state index contributed by atoms with van der Waals surface area (Å²) in [6, 6.07) is 6.88. The van der Waals surface area contributed by atoms with E-state index in [-0.39, 0.29) is 17.9 Å². The average molecular weight is 289 g/mol. The predicted molar refractivity (Wildman–Crippen MR) is 77.7 cm³/mol. The van der Waals surface area contributed by atoms with E-state index in [0.717, 1.165) is 0 Å². The number of carbonyl (C=O) groups is 1. The van der Waals surface area contributed by atoms with E-state index in [2.05, 4.69) is 15.3 Å². The van der Waals surface area contributed by atoms with Gasteiger partial charge in [-0.15, -0.1) is 0 Å². The van der Waals surface area contributed by atoms with E-state index in [1.807, 2.05) is 0 Å². The van der Waals surface area contributed by atoms with E-state index in [1.54, 1.807) is 31.2 Å². The van der Waals surface area contributed by atoms with Crippen molar-refractivity contribution in [3.05, 3.63) is 56.4 Å². The summed E-state index contributed by atoms with van der Waals surface area (Å²) in [6.45, 7) is 1.57. The van der Waals surface area contributed by atoms with Crippen LogP contribution < -0.4 is 21.3 Å². The molecule has 1 heterocycles. The number of aryl methyl sites for hydroxylation is 1. The van der Waals surface area contributed by atoms with Gasteiger partial charge in [0.25, 0.3) is 5.56 Å². The van der Waals surface area contributed by atoms with Gasteiger partial charge in [0.2, 0.25) is 5.91 Å². The highest BCUT2D eigenvalue weighted by atomic mass is 16.5. The lowest BCUT2D eigenvalue weighted by Crippen LogP contribution is -2.29. The van der Waals surface area contributed by atoms with E-state index in [4.69, 9.17) is 4.74 Å². The second-order valence-corrected chi connectivity index (χ2v) is 4.47. The lowest BCUT2D eigenvalue weighted by Gasteiger charge is -2.07. The average Bonchev–Trinajstić information content (AvgIpc) is 2.43. The van der Waals surface area contributed by atoms with Gasteiger partial charge in [-0.2, -0.15) is 0 Å². The minimum Gasteiger partial charge on any atom is -0.497 e. The van der Waals surface area contributed by atoms with Crippen LogP contribution in [0.15, 0.2) is 33.9 Å². The van der Waals surface area contributed by atoms with Gasteiger partial charge in [0.1, 0.15) is 5.75 Å².